The van der Waals surface area contributed by atoms with Crippen LogP contribution < -0.4 is 20.4 Å². The van der Waals surface area contributed by atoms with Gasteiger partial charge in [-0.3, -0.25) is 10.1 Å². The summed E-state index contributed by atoms with van der Waals surface area (Å²) in [5, 5.41) is 6.90. The maximum absolute atomic E-state index is 13.2. The van der Waals surface area contributed by atoms with Crippen molar-refractivity contribution in [3.8, 4) is 0 Å². The predicted octanol–water partition coefficient (Wildman–Crippen LogP) is 5.06. The molecule has 0 aliphatic carbocycles. The van der Waals surface area contributed by atoms with Crippen LogP contribution in [0.3, 0.4) is 0 Å². The van der Waals surface area contributed by atoms with Crippen LogP contribution in [0.5, 0.6) is 0 Å². The van der Waals surface area contributed by atoms with Gasteiger partial charge in [0, 0.05) is 31.9 Å². The Labute approximate surface area is 222 Å². The zero-order valence-electron chi connectivity index (χ0n) is 20.2. The molecule has 0 bridgehead atoms. The molecule has 1 aliphatic rings. The Morgan fingerprint density at radius 3 is 2.46 bits per heavy atom. The van der Waals surface area contributed by atoms with Gasteiger partial charge in [0.1, 0.15) is 16.5 Å². The van der Waals surface area contributed by atoms with Crippen LogP contribution in [-0.4, -0.2) is 52.0 Å². The number of nitrogens with one attached hydrogen (secondary N) is 2. The highest BCUT2D eigenvalue weighted by atomic mass is 35.5. The summed E-state index contributed by atoms with van der Waals surface area (Å²) in [4.78, 5) is 35.2. The number of hydrogen-bond acceptors (Lipinski definition) is 9. The fraction of sp³-hybridized carbons (Fsp3) is 0.240. The van der Waals surface area contributed by atoms with E-state index in [1.807, 2.05) is 19.1 Å². The Balaban J connectivity index is 1.24. The summed E-state index contributed by atoms with van der Waals surface area (Å²) >= 11 is 7.42. The Bertz CT molecular complexity index is 1400. The van der Waals surface area contributed by atoms with Gasteiger partial charge in [0.15, 0.2) is 5.13 Å². The lowest BCUT2D eigenvalue weighted by atomic mass is 10.2. The van der Waals surface area contributed by atoms with Gasteiger partial charge in [-0.05, 0) is 49.7 Å². The summed E-state index contributed by atoms with van der Waals surface area (Å²) in [6.07, 6.45) is 1.50. The molecule has 0 unspecified atom stereocenters. The van der Waals surface area contributed by atoms with Gasteiger partial charge < -0.3 is 15.1 Å². The van der Waals surface area contributed by atoms with E-state index < -0.39 is 0 Å². The average Bonchev–Trinajstić information content (AvgIpc) is 3.35. The molecule has 5 rings (SSSR count). The molecule has 0 saturated carbocycles. The van der Waals surface area contributed by atoms with Crippen molar-refractivity contribution in [2.24, 2.45) is 0 Å². The normalized spacial score (nSPS) is 13.5. The Morgan fingerprint density at radius 2 is 1.73 bits per heavy atom. The predicted molar refractivity (Wildman–Crippen MR) is 145 cm³/mol. The molecular weight excluding hydrogens is 515 g/mol. The van der Waals surface area contributed by atoms with Gasteiger partial charge in [0.25, 0.3) is 5.91 Å². The number of anilines is 5. The van der Waals surface area contributed by atoms with Crippen LogP contribution in [0.4, 0.5) is 32.8 Å². The number of para-hydroxylation sites is 1. The van der Waals surface area contributed by atoms with Crippen LogP contribution in [-0.2, 0) is 0 Å². The topological polar surface area (TPSA) is 99.2 Å². The van der Waals surface area contributed by atoms with Crippen molar-refractivity contribution >= 4 is 57.2 Å². The summed E-state index contributed by atoms with van der Waals surface area (Å²) in [5.74, 6) is 0.946. The fourth-order valence-electron chi connectivity index (χ4n) is 3.98. The van der Waals surface area contributed by atoms with Crippen molar-refractivity contribution in [2.75, 3.05) is 46.6 Å². The largest absolute Gasteiger partial charge is 0.368 e. The first-order valence-corrected chi connectivity index (χ1v) is 12.8. The molecule has 0 atom stereocenters. The number of hydrogen-bond donors (Lipinski definition) is 2. The van der Waals surface area contributed by atoms with E-state index in [-0.39, 0.29) is 11.7 Å². The number of nitrogens with zero attached hydrogens (tertiary/aromatic N) is 6. The molecule has 190 valence electrons. The maximum Gasteiger partial charge on any atom is 0.267 e. The molecule has 37 heavy (non-hydrogen) atoms. The molecule has 1 aliphatic heterocycles. The number of rotatable bonds is 6. The van der Waals surface area contributed by atoms with E-state index >= 15 is 0 Å². The van der Waals surface area contributed by atoms with Gasteiger partial charge in [-0.1, -0.05) is 35.1 Å². The lowest BCUT2D eigenvalue weighted by Crippen LogP contribution is -2.47. The van der Waals surface area contributed by atoms with Crippen LogP contribution in [0.15, 0.2) is 48.7 Å². The van der Waals surface area contributed by atoms with Gasteiger partial charge in [-0.25, -0.2) is 9.37 Å². The van der Waals surface area contributed by atoms with E-state index in [1.54, 1.807) is 25.1 Å². The second-order valence-corrected chi connectivity index (χ2v) is 9.94. The molecule has 3 heterocycles. The molecule has 1 fully saturated rings. The molecule has 12 heteroatoms. The van der Waals surface area contributed by atoms with Crippen LogP contribution in [0.1, 0.15) is 21.1 Å². The monoisotopic (exact) mass is 538 g/mol. The average molecular weight is 539 g/mol. The lowest BCUT2D eigenvalue weighted by Gasteiger charge is -2.36. The zero-order chi connectivity index (χ0) is 25.9. The van der Waals surface area contributed by atoms with Gasteiger partial charge in [-0.2, -0.15) is 15.0 Å². The van der Waals surface area contributed by atoms with Crippen LogP contribution in [0.2, 0.25) is 5.02 Å². The highest BCUT2D eigenvalue weighted by molar-refractivity contribution is 7.17. The van der Waals surface area contributed by atoms with Crippen LogP contribution in [0, 0.1) is 19.7 Å². The minimum Gasteiger partial charge on any atom is -0.368 e. The third-order valence-electron chi connectivity index (χ3n) is 5.90. The van der Waals surface area contributed by atoms with E-state index in [0.717, 1.165) is 24.3 Å². The van der Waals surface area contributed by atoms with Crippen molar-refractivity contribution in [3.05, 3.63) is 75.8 Å². The fourth-order valence-corrected chi connectivity index (χ4v) is 4.95. The number of halogens is 2. The highest BCUT2D eigenvalue weighted by Gasteiger charge is 2.21. The number of benzene rings is 2. The zero-order valence-corrected chi connectivity index (χ0v) is 21.8. The summed E-state index contributed by atoms with van der Waals surface area (Å²) < 4.78 is 13.2. The van der Waals surface area contributed by atoms with Gasteiger partial charge in [0.05, 0.1) is 16.9 Å². The number of carbonyl (C=O) groups excluding carboxylic acids is 1. The number of aromatic nitrogens is 4. The number of amides is 1. The minimum atomic E-state index is -0.298. The Morgan fingerprint density at radius 1 is 1.00 bits per heavy atom. The maximum atomic E-state index is 13.2. The third kappa shape index (κ3) is 5.78. The number of thiazole rings is 1. The first-order valence-electron chi connectivity index (χ1n) is 11.6. The van der Waals surface area contributed by atoms with Crippen LogP contribution >= 0.6 is 22.9 Å². The Hall–Kier alpha value is -3.83. The summed E-state index contributed by atoms with van der Waals surface area (Å²) in [6, 6.07) is 12.0. The molecule has 2 N–H and O–H groups in total. The second kappa shape index (κ2) is 10.7. The molecular formula is C25H24ClFN8OS. The quantitative estimate of drug-likeness (QED) is 0.351. The molecule has 2 aromatic heterocycles. The number of piperazine rings is 1. The number of aryl methyl sites for hydroxylation is 2. The van der Waals surface area contributed by atoms with Gasteiger partial charge in [0.2, 0.25) is 11.9 Å². The van der Waals surface area contributed by atoms with E-state index in [2.05, 4.69) is 40.4 Å². The number of carbonyl (C=O) groups is 1. The van der Waals surface area contributed by atoms with E-state index in [0.29, 0.717) is 51.5 Å². The molecule has 9 nitrogen and oxygen atoms in total. The lowest BCUT2D eigenvalue weighted by molar-refractivity contribution is 0.103. The summed E-state index contributed by atoms with van der Waals surface area (Å²) in [5.41, 5.74) is 2.44. The molecule has 1 saturated heterocycles. The van der Waals surface area contributed by atoms with Gasteiger partial charge in [-0.15, -0.1) is 0 Å². The first kappa shape index (κ1) is 24.8. The Kier molecular flexibility index (Phi) is 7.15. The van der Waals surface area contributed by atoms with Crippen LogP contribution in [0.25, 0.3) is 0 Å². The van der Waals surface area contributed by atoms with E-state index in [4.69, 9.17) is 11.6 Å². The molecule has 2 aromatic carbocycles. The van der Waals surface area contributed by atoms with E-state index in [9.17, 15) is 9.18 Å². The van der Waals surface area contributed by atoms with Gasteiger partial charge >= 0.3 is 0 Å². The molecule has 4 aromatic rings. The molecule has 0 radical (unpaired) electrons. The standard InChI is InChI=1S/C25H24ClFN8OS/c1-15-4-3-5-19(26)21(15)31-22(36)20-14-28-25(37-20)33-23-29-16(2)30-24(32-23)35-12-10-34(11-13-35)18-8-6-17(27)7-9-18/h3-9,14H,10-13H2,1-2H3,(H,31,36)(H,28,29,30,32,33). The van der Waals surface area contributed by atoms with Crippen molar-refractivity contribution in [2.45, 2.75) is 13.8 Å². The van der Waals surface area contributed by atoms with Crippen molar-refractivity contribution < 1.29 is 9.18 Å². The highest BCUT2D eigenvalue weighted by Crippen LogP contribution is 2.28. The minimum absolute atomic E-state index is 0.244. The molecule has 1 amide bonds. The second-order valence-electron chi connectivity index (χ2n) is 8.50. The smallest absolute Gasteiger partial charge is 0.267 e. The SMILES string of the molecule is Cc1nc(Nc2ncc(C(=O)Nc3c(C)cccc3Cl)s2)nc(N2CCN(c3ccc(F)cc3)CC2)n1. The van der Waals surface area contributed by atoms with Crippen molar-refractivity contribution in [1.29, 1.82) is 0 Å². The first-order chi connectivity index (χ1) is 17.9. The van der Waals surface area contributed by atoms with E-state index in [1.165, 1.54) is 29.7 Å². The summed E-state index contributed by atoms with van der Waals surface area (Å²) in [7, 11) is 0. The summed E-state index contributed by atoms with van der Waals surface area (Å²) in [6.45, 7) is 6.62. The molecule has 0 spiro atoms. The van der Waals surface area contributed by atoms with Crippen molar-refractivity contribution in [3.63, 3.8) is 0 Å². The third-order valence-corrected chi connectivity index (χ3v) is 7.12. The van der Waals surface area contributed by atoms with Crippen molar-refractivity contribution in [1.82, 2.24) is 19.9 Å².